The van der Waals surface area contributed by atoms with E-state index in [0.29, 0.717) is 6.42 Å². The zero-order valence-electron chi connectivity index (χ0n) is 7.98. The average molecular weight is 210 g/mol. The highest BCUT2D eigenvalue weighted by molar-refractivity contribution is 7.51. The maximum absolute atomic E-state index is 11.2. The third-order valence-corrected chi connectivity index (χ3v) is 2.27. The molecule has 13 heavy (non-hydrogen) atoms. The number of rotatable bonds is 4. The summed E-state index contributed by atoms with van der Waals surface area (Å²) in [6, 6.07) is 0. The van der Waals surface area contributed by atoms with Gasteiger partial charge in [0, 0.05) is 0 Å². The van der Waals surface area contributed by atoms with Crippen LogP contribution in [0.4, 0.5) is 0 Å². The van der Waals surface area contributed by atoms with Gasteiger partial charge in [0.2, 0.25) is 0 Å². The minimum Gasteiger partial charge on any atom is -0.452 e. The molecular formula is C7H15O5P. The van der Waals surface area contributed by atoms with E-state index in [1.807, 2.05) is 0 Å². The van der Waals surface area contributed by atoms with Gasteiger partial charge in [-0.15, -0.1) is 0 Å². The van der Waals surface area contributed by atoms with Crippen molar-refractivity contribution < 1.29 is 23.9 Å². The molecule has 0 saturated carbocycles. The second kappa shape index (κ2) is 4.22. The molecule has 0 aromatic carbocycles. The van der Waals surface area contributed by atoms with E-state index < -0.39 is 25.3 Å². The first-order valence-corrected chi connectivity index (χ1v) is 5.70. The van der Waals surface area contributed by atoms with E-state index in [1.54, 1.807) is 20.8 Å². The molecule has 2 N–H and O–H groups in total. The topological polar surface area (TPSA) is 83.8 Å². The van der Waals surface area contributed by atoms with Gasteiger partial charge in [-0.3, -0.25) is 9.36 Å². The summed E-state index contributed by atoms with van der Waals surface area (Å²) in [4.78, 5) is 28.1. The molecule has 0 aromatic heterocycles. The third-order valence-electron chi connectivity index (χ3n) is 1.80. The monoisotopic (exact) mass is 210 g/mol. The number of hydrogen-bond acceptors (Lipinski definition) is 3. The zero-order valence-corrected chi connectivity index (χ0v) is 8.88. The molecule has 6 heteroatoms. The molecule has 5 nitrogen and oxygen atoms in total. The number of esters is 1. The molecule has 78 valence electrons. The molecule has 0 saturated heterocycles. The van der Waals surface area contributed by atoms with E-state index in [4.69, 9.17) is 9.79 Å². The van der Waals surface area contributed by atoms with Gasteiger partial charge in [0.1, 0.15) is 0 Å². The molecule has 0 heterocycles. The fourth-order valence-corrected chi connectivity index (χ4v) is 0.768. The van der Waals surface area contributed by atoms with Gasteiger partial charge >= 0.3 is 13.6 Å². The van der Waals surface area contributed by atoms with E-state index in [2.05, 4.69) is 4.74 Å². The molecule has 0 spiro atoms. The van der Waals surface area contributed by atoms with Gasteiger partial charge in [-0.05, 0) is 20.3 Å². The van der Waals surface area contributed by atoms with Gasteiger partial charge in [-0.1, -0.05) is 6.92 Å². The van der Waals surface area contributed by atoms with Crippen LogP contribution in [-0.4, -0.2) is 22.1 Å². The zero-order chi connectivity index (χ0) is 10.7. The lowest BCUT2D eigenvalue weighted by Gasteiger charge is -2.20. The summed E-state index contributed by atoms with van der Waals surface area (Å²) < 4.78 is 14.8. The molecule has 0 rings (SSSR count). The van der Waals surface area contributed by atoms with E-state index >= 15 is 0 Å². The maximum Gasteiger partial charge on any atom is 0.362 e. The summed E-state index contributed by atoms with van der Waals surface area (Å²) in [5.41, 5.74) is -0.685. The van der Waals surface area contributed by atoms with Crippen molar-refractivity contribution in [3.63, 3.8) is 0 Å². The van der Waals surface area contributed by atoms with Crippen LogP contribution in [-0.2, 0) is 14.1 Å². The van der Waals surface area contributed by atoms with E-state index in [9.17, 15) is 9.36 Å². The Hall–Kier alpha value is -0.380. The van der Waals surface area contributed by atoms with Crippen LogP contribution in [0.1, 0.15) is 27.2 Å². The van der Waals surface area contributed by atoms with E-state index in [1.165, 1.54) is 0 Å². The minimum atomic E-state index is -4.24. The van der Waals surface area contributed by atoms with Gasteiger partial charge in [0.15, 0.2) is 6.35 Å². The van der Waals surface area contributed by atoms with Crippen molar-refractivity contribution in [1.29, 1.82) is 0 Å². The van der Waals surface area contributed by atoms with Crippen molar-refractivity contribution in [1.82, 2.24) is 0 Å². The molecule has 0 aliphatic carbocycles. The Bertz CT molecular complexity index is 229. The van der Waals surface area contributed by atoms with Crippen LogP contribution in [0.15, 0.2) is 0 Å². The van der Waals surface area contributed by atoms with Gasteiger partial charge in [0.25, 0.3) is 0 Å². The minimum absolute atomic E-state index is 0.562. The van der Waals surface area contributed by atoms with Crippen LogP contribution < -0.4 is 0 Å². The Kier molecular flexibility index (Phi) is 4.10. The number of ether oxygens (including phenoxy) is 1. The highest BCUT2D eigenvalue weighted by Gasteiger charge is 2.29. The Morgan fingerprint density at radius 3 is 2.23 bits per heavy atom. The number of hydrogen-bond donors (Lipinski definition) is 2. The molecular weight excluding hydrogens is 195 g/mol. The van der Waals surface area contributed by atoms with Crippen LogP contribution in [0.5, 0.6) is 0 Å². The highest BCUT2D eigenvalue weighted by Crippen LogP contribution is 2.35. The van der Waals surface area contributed by atoms with E-state index in [0.717, 1.165) is 0 Å². The van der Waals surface area contributed by atoms with Crippen molar-refractivity contribution >= 4 is 13.6 Å². The summed E-state index contributed by atoms with van der Waals surface area (Å²) in [5, 5.41) is 0. The van der Waals surface area contributed by atoms with Crippen molar-refractivity contribution in [2.45, 2.75) is 27.2 Å². The van der Waals surface area contributed by atoms with Gasteiger partial charge in [-0.2, -0.15) is 0 Å². The molecule has 0 atom stereocenters. The first-order valence-electron chi connectivity index (χ1n) is 3.91. The lowest BCUT2D eigenvalue weighted by Crippen LogP contribution is -2.26. The van der Waals surface area contributed by atoms with Gasteiger partial charge in [-0.25, -0.2) is 0 Å². The van der Waals surface area contributed by atoms with Crippen LogP contribution >= 0.6 is 7.60 Å². The lowest BCUT2D eigenvalue weighted by molar-refractivity contribution is -0.152. The number of carbonyl (C=O) groups excluding carboxylic acids is 1. The Balaban J connectivity index is 4.11. The van der Waals surface area contributed by atoms with E-state index in [-0.39, 0.29) is 0 Å². The van der Waals surface area contributed by atoms with Crippen LogP contribution in [0, 0.1) is 5.41 Å². The summed E-state index contributed by atoms with van der Waals surface area (Å²) in [7, 11) is -4.24. The van der Waals surface area contributed by atoms with Gasteiger partial charge in [0.05, 0.1) is 5.41 Å². The summed E-state index contributed by atoms with van der Waals surface area (Å²) in [6.07, 6.45) is -0.276. The van der Waals surface area contributed by atoms with Crippen molar-refractivity contribution in [2.24, 2.45) is 5.41 Å². The molecule has 0 bridgehead atoms. The summed E-state index contributed by atoms with van der Waals surface area (Å²) in [5.74, 6) is -0.585. The molecule has 0 amide bonds. The second-order valence-electron chi connectivity index (χ2n) is 3.46. The fourth-order valence-electron chi connectivity index (χ4n) is 0.482. The molecule has 0 radical (unpaired) electrons. The van der Waals surface area contributed by atoms with Gasteiger partial charge < -0.3 is 14.5 Å². The van der Waals surface area contributed by atoms with Crippen LogP contribution in [0.2, 0.25) is 0 Å². The Morgan fingerprint density at radius 1 is 1.46 bits per heavy atom. The van der Waals surface area contributed by atoms with Crippen molar-refractivity contribution in [2.75, 3.05) is 6.35 Å². The van der Waals surface area contributed by atoms with Crippen LogP contribution in [0.25, 0.3) is 0 Å². The molecule has 0 fully saturated rings. The predicted octanol–water partition coefficient (Wildman–Crippen LogP) is 1.10. The number of carbonyl (C=O) groups is 1. The third kappa shape index (κ3) is 5.03. The molecule has 0 aromatic rings. The normalized spacial score (nSPS) is 12.7. The Labute approximate surface area is 77.3 Å². The largest absolute Gasteiger partial charge is 0.452 e. The van der Waals surface area contributed by atoms with Crippen molar-refractivity contribution in [3.8, 4) is 0 Å². The predicted molar refractivity (Wildman–Crippen MR) is 47.1 cm³/mol. The smallest absolute Gasteiger partial charge is 0.362 e. The SMILES string of the molecule is CCC(C)(C)C(=O)OCP(=O)(O)O. The second-order valence-corrected chi connectivity index (χ2v) is 5.05. The van der Waals surface area contributed by atoms with Crippen LogP contribution in [0.3, 0.4) is 0 Å². The average Bonchev–Trinajstić information content (AvgIpc) is 1.98. The maximum atomic E-state index is 11.2. The Morgan fingerprint density at radius 2 is 1.92 bits per heavy atom. The first kappa shape index (κ1) is 12.6. The summed E-state index contributed by atoms with van der Waals surface area (Å²) >= 11 is 0. The highest BCUT2D eigenvalue weighted by atomic mass is 31.2. The lowest BCUT2D eigenvalue weighted by atomic mass is 9.91. The quantitative estimate of drug-likeness (QED) is 0.536. The summed E-state index contributed by atoms with van der Waals surface area (Å²) in [6.45, 7) is 5.13. The molecule has 0 aliphatic rings. The fraction of sp³-hybridized carbons (Fsp3) is 0.857. The standard InChI is InChI=1S/C7H15O5P/c1-4-7(2,3)6(8)12-5-13(9,10)11/h4-5H2,1-3H3,(H2,9,10,11). The molecule has 0 unspecified atom stereocenters. The van der Waals surface area contributed by atoms with Crippen molar-refractivity contribution in [3.05, 3.63) is 0 Å². The first-order chi connectivity index (χ1) is 5.69. The molecule has 0 aliphatic heterocycles.